The highest BCUT2D eigenvalue weighted by atomic mass is 32.1. The maximum Gasteiger partial charge on any atom is 0.159 e. The topological polar surface area (TPSA) is 61.1 Å². The lowest BCUT2D eigenvalue weighted by molar-refractivity contribution is 0.959. The molecule has 1 aromatic heterocycles. The molecule has 0 radical (unpaired) electrons. The monoisotopic (exact) mass is 178 g/mol. The first-order chi connectivity index (χ1) is 5.90. The molecule has 0 spiro atoms. The van der Waals surface area contributed by atoms with Crippen molar-refractivity contribution in [1.82, 2.24) is 10.3 Å². The Hall–Kier alpha value is -1.41. The van der Waals surface area contributed by atoms with Gasteiger partial charge in [-0.2, -0.15) is 5.26 Å². The van der Waals surface area contributed by atoms with E-state index in [1.165, 1.54) is 11.3 Å². The van der Waals surface area contributed by atoms with Crippen LogP contribution in [-0.4, -0.2) is 23.9 Å². The molecule has 0 saturated carbocycles. The van der Waals surface area contributed by atoms with Gasteiger partial charge >= 0.3 is 0 Å². The van der Waals surface area contributed by atoms with Crippen LogP contribution in [0.25, 0.3) is 0 Å². The van der Waals surface area contributed by atoms with Crippen LogP contribution in [0.3, 0.4) is 0 Å². The molecule has 0 aromatic carbocycles. The van der Waals surface area contributed by atoms with Crippen LogP contribution < -0.4 is 5.32 Å². The Morgan fingerprint density at radius 2 is 2.58 bits per heavy atom. The molecule has 2 rings (SSSR count). The van der Waals surface area contributed by atoms with Crippen molar-refractivity contribution < 1.29 is 0 Å². The van der Waals surface area contributed by atoms with Crippen LogP contribution in [0.2, 0.25) is 0 Å². The summed E-state index contributed by atoms with van der Waals surface area (Å²) in [5, 5.41) is 14.2. The van der Waals surface area contributed by atoms with Crippen molar-refractivity contribution in [3.05, 3.63) is 16.1 Å². The van der Waals surface area contributed by atoms with Crippen LogP contribution in [0.15, 0.2) is 10.4 Å². The van der Waals surface area contributed by atoms with Gasteiger partial charge in [0, 0.05) is 11.9 Å². The van der Waals surface area contributed by atoms with Gasteiger partial charge in [0.05, 0.1) is 6.54 Å². The number of nitrogens with one attached hydrogen (secondary N) is 1. The standard InChI is InChI=1S/C7H6N4S/c8-3-5-4-12-7(11-5)6-9-1-2-10-6/h4H,1-2H2,(H,9,10). The summed E-state index contributed by atoms with van der Waals surface area (Å²) in [6.45, 7) is 1.67. The van der Waals surface area contributed by atoms with E-state index in [2.05, 4.69) is 15.3 Å². The second kappa shape index (κ2) is 2.91. The summed E-state index contributed by atoms with van der Waals surface area (Å²) in [6, 6.07) is 1.99. The van der Waals surface area contributed by atoms with E-state index in [-0.39, 0.29) is 0 Å². The van der Waals surface area contributed by atoms with Crippen molar-refractivity contribution in [2.75, 3.05) is 13.1 Å². The van der Waals surface area contributed by atoms with Gasteiger partial charge in [-0.05, 0) is 0 Å². The molecule has 60 valence electrons. The van der Waals surface area contributed by atoms with Crippen molar-refractivity contribution in [3.8, 4) is 6.07 Å². The molecule has 0 unspecified atom stereocenters. The minimum Gasteiger partial charge on any atom is -0.366 e. The van der Waals surface area contributed by atoms with Crippen LogP contribution in [0.1, 0.15) is 10.7 Å². The van der Waals surface area contributed by atoms with Crippen molar-refractivity contribution in [3.63, 3.8) is 0 Å². The predicted octanol–water partition coefficient (Wildman–Crippen LogP) is 0.365. The summed E-state index contributed by atoms with van der Waals surface area (Å²) in [7, 11) is 0. The maximum atomic E-state index is 8.53. The van der Waals surface area contributed by atoms with E-state index in [1.54, 1.807) is 5.38 Å². The number of nitriles is 1. The van der Waals surface area contributed by atoms with Crippen molar-refractivity contribution in [2.24, 2.45) is 4.99 Å². The second-order valence-electron chi connectivity index (χ2n) is 2.31. The first-order valence-electron chi connectivity index (χ1n) is 3.54. The van der Waals surface area contributed by atoms with Crippen molar-refractivity contribution in [2.45, 2.75) is 0 Å². The average Bonchev–Trinajstić information content (AvgIpc) is 2.75. The first-order valence-corrected chi connectivity index (χ1v) is 4.42. The van der Waals surface area contributed by atoms with Crippen LogP contribution in [-0.2, 0) is 0 Å². The van der Waals surface area contributed by atoms with Gasteiger partial charge in [0.15, 0.2) is 16.5 Å². The maximum absolute atomic E-state index is 8.53. The lowest BCUT2D eigenvalue weighted by Crippen LogP contribution is -2.19. The molecular formula is C7H6N4S. The third kappa shape index (κ3) is 1.17. The van der Waals surface area contributed by atoms with Gasteiger partial charge in [-0.1, -0.05) is 0 Å². The zero-order valence-electron chi connectivity index (χ0n) is 6.24. The fourth-order valence-electron chi connectivity index (χ4n) is 0.975. The number of aromatic nitrogens is 1. The van der Waals surface area contributed by atoms with Gasteiger partial charge in [-0.15, -0.1) is 11.3 Å². The number of amidine groups is 1. The zero-order chi connectivity index (χ0) is 8.39. The quantitative estimate of drug-likeness (QED) is 0.675. The minimum absolute atomic E-state index is 0.464. The highest BCUT2D eigenvalue weighted by Crippen LogP contribution is 2.10. The van der Waals surface area contributed by atoms with Crippen molar-refractivity contribution >= 4 is 17.2 Å². The largest absolute Gasteiger partial charge is 0.366 e. The van der Waals surface area contributed by atoms with E-state index in [0.29, 0.717) is 5.69 Å². The van der Waals surface area contributed by atoms with E-state index < -0.39 is 0 Å². The molecular weight excluding hydrogens is 172 g/mol. The molecule has 0 saturated heterocycles. The fraction of sp³-hybridized carbons (Fsp3) is 0.286. The smallest absolute Gasteiger partial charge is 0.159 e. The normalized spacial score (nSPS) is 15.1. The number of hydrogen-bond donors (Lipinski definition) is 1. The molecule has 1 aliphatic heterocycles. The zero-order valence-corrected chi connectivity index (χ0v) is 7.06. The molecule has 0 bridgehead atoms. The lowest BCUT2D eigenvalue weighted by Gasteiger charge is -1.93. The first kappa shape index (κ1) is 7.25. The third-order valence-electron chi connectivity index (χ3n) is 1.50. The van der Waals surface area contributed by atoms with E-state index in [9.17, 15) is 0 Å². The average molecular weight is 178 g/mol. The van der Waals surface area contributed by atoms with Crippen LogP contribution >= 0.6 is 11.3 Å². The number of hydrogen-bond acceptors (Lipinski definition) is 5. The van der Waals surface area contributed by atoms with Gasteiger partial charge in [0.25, 0.3) is 0 Å². The van der Waals surface area contributed by atoms with Crippen LogP contribution in [0.5, 0.6) is 0 Å². The second-order valence-corrected chi connectivity index (χ2v) is 3.16. The molecule has 0 atom stereocenters. The lowest BCUT2D eigenvalue weighted by atomic mass is 10.5. The summed E-state index contributed by atoms with van der Waals surface area (Å²) < 4.78 is 0. The third-order valence-corrected chi connectivity index (χ3v) is 2.34. The number of nitrogens with zero attached hydrogens (tertiary/aromatic N) is 3. The molecule has 1 N–H and O–H groups in total. The number of aliphatic imine (C=N–C) groups is 1. The molecule has 4 nitrogen and oxygen atoms in total. The van der Waals surface area contributed by atoms with Crippen LogP contribution in [0.4, 0.5) is 0 Å². The van der Waals surface area contributed by atoms with E-state index in [4.69, 9.17) is 5.26 Å². The van der Waals surface area contributed by atoms with Gasteiger partial charge in [-0.25, -0.2) is 4.98 Å². The molecule has 2 heterocycles. The van der Waals surface area contributed by atoms with E-state index in [0.717, 1.165) is 23.9 Å². The summed E-state index contributed by atoms with van der Waals surface area (Å²) >= 11 is 1.44. The molecule has 0 aliphatic carbocycles. The molecule has 0 amide bonds. The number of thiazole rings is 1. The highest BCUT2D eigenvalue weighted by Gasteiger charge is 2.11. The predicted molar refractivity (Wildman–Crippen MR) is 46.2 cm³/mol. The molecule has 12 heavy (non-hydrogen) atoms. The molecule has 0 fully saturated rings. The van der Waals surface area contributed by atoms with Gasteiger partial charge in [0.2, 0.25) is 0 Å². The Bertz CT molecular complexity index is 360. The fourth-order valence-corrected chi connectivity index (χ4v) is 1.70. The van der Waals surface area contributed by atoms with Crippen molar-refractivity contribution in [1.29, 1.82) is 5.26 Å². The minimum atomic E-state index is 0.464. The highest BCUT2D eigenvalue weighted by molar-refractivity contribution is 7.11. The van der Waals surface area contributed by atoms with Gasteiger partial charge in [0.1, 0.15) is 6.07 Å². The Morgan fingerprint density at radius 1 is 1.67 bits per heavy atom. The van der Waals surface area contributed by atoms with Gasteiger partial charge < -0.3 is 5.32 Å². The number of rotatable bonds is 1. The summed E-state index contributed by atoms with van der Waals surface area (Å²) in [5.41, 5.74) is 0.464. The molecule has 5 heteroatoms. The Kier molecular flexibility index (Phi) is 1.76. The van der Waals surface area contributed by atoms with E-state index >= 15 is 0 Å². The molecule has 1 aromatic rings. The van der Waals surface area contributed by atoms with E-state index in [1.807, 2.05) is 6.07 Å². The Labute approximate surface area is 73.6 Å². The van der Waals surface area contributed by atoms with Gasteiger partial charge in [-0.3, -0.25) is 4.99 Å². The SMILES string of the molecule is N#Cc1csc(C2=NCCN2)n1. The Balaban J connectivity index is 2.29. The summed E-state index contributed by atoms with van der Waals surface area (Å²) in [5.74, 6) is 0.821. The summed E-state index contributed by atoms with van der Waals surface area (Å²) in [4.78, 5) is 8.27. The Morgan fingerprint density at radius 3 is 3.17 bits per heavy atom. The van der Waals surface area contributed by atoms with Crippen LogP contribution in [0, 0.1) is 11.3 Å². The summed E-state index contributed by atoms with van der Waals surface area (Å²) in [6.07, 6.45) is 0. The molecule has 1 aliphatic rings.